The van der Waals surface area contributed by atoms with E-state index in [1.165, 1.54) is 55.7 Å². The van der Waals surface area contributed by atoms with Crippen LogP contribution in [0.4, 0.5) is 0 Å². The van der Waals surface area contributed by atoms with Crippen LogP contribution in [0.5, 0.6) is 0 Å². The maximum absolute atomic E-state index is 2.44. The second-order valence-corrected chi connectivity index (χ2v) is 5.52. The summed E-state index contributed by atoms with van der Waals surface area (Å²) in [6, 6.07) is 11.4. The summed E-state index contributed by atoms with van der Waals surface area (Å²) in [5.74, 6) is 0. The van der Waals surface area contributed by atoms with Crippen molar-refractivity contribution >= 4 is 10.8 Å². The second-order valence-electron chi connectivity index (χ2n) is 5.52. The highest BCUT2D eigenvalue weighted by molar-refractivity contribution is 5.88. The molecule has 0 nitrogen and oxygen atoms in total. The first kappa shape index (κ1) is 11.8. The summed E-state index contributed by atoms with van der Waals surface area (Å²) < 4.78 is 0. The van der Waals surface area contributed by atoms with E-state index in [2.05, 4.69) is 37.3 Å². The fraction of sp³-hybridized carbons (Fsp3) is 0.444. The van der Waals surface area contributed by atoms with E-state index < -0.39 is 0 Å². The van der Waals surface area contributed by atoms with Crippen LogP contribution in [0.2, 0.25) is 0 Å². The molecule has 18 heavy (non-hydrogen) atoms. The molecule has 0 saturated carbocycles. The Kier molecular flexibility index (Phi) is 3.36. The van der Waals surface area contributed by atoms with Gasteiger partial charge in [0.25, 0.3) is 0 Å². The van der Waals surface area contributed by atoms with Crippen LogP contribution in [-0.2, 0) is 19.3 Å². The number of hydrogen-bond donors (Lipinski definition) is 0. The average Bonchev–Trinajstić information content (AvgIpc) is 2.43. The standard InChI is InChI=1S/C18H22/c1-2-3-10-18-16-11-6-4-8-14(16)13-15-9-5-7-12-17(15)18/h4,6,8,11,13H,2-3,5,7,9-10,12H2,1H3. The smallest absolute Gasteiger partial charge is 0.0149 e. The van der Waals surface area contributed by atoms with Gasteiger partial charge >= 0.3 is 0 Å². The Labute approximate surface area is 110 Å². The van der Waals surface area contributed by atoms with Crippen molar-refractivity contribution < 1.29 is 0 Å². The first-order valence-electron chi connectivity index (χ1n) is 7.42. The fourth-order valence-electron chi connectivity index (χ4n) is 3.32. The molecule has 0 heterocycles. The van der Waals surface area contributed by atoms with Gasteiger partial charge in [-0.25, -0.2) is 0 Å². The van der Waals surface area contributed by atoms with Crippen molar-refractivity contribution in [2.75, 3.05) is 0 Å². The van der Waals surface area contributed by atoms with Crippen molar-refractivity contribution in [1.29, 1.82) is 0 Å². The van der Waals surface area contributed by atoms with Crippen molar-refractivity contribution in [1.82, 2.24) is 0 Å². The van der Waals surface area contributed by atoms with Gasteiger partial charge in [0, 0.05) is 0 Å². The summed E-state index contributed by atoms with van der Waals surface area (Å²) in [4.78, 5) is 0. The molecule has 94 valence electrons. The minimum Gasteiger partial charge on any atom is -0.0654 e. The molecule has 0 amide bonds. The van der Waals surface area contributed by atoms with Crippen molar-refractivity contribution in [3.05, 3.63) is 47.0 Å². The summed E-state index contributed by atoms with van der Waals surface area (Å²) in [6.45, 7) is 2.29. The Bertz CT molecular complexity index is 551. The van der Waals surface area contributed by atoms with E-state index in [9.17, 15) is 0 Å². The number of aryl methyl sites for hydroxylation is 2. The van der Waals surface area contributed by atoms with E-state index >= 15 is 0 Å². The molecule has 0 aromatic heterocycles. The Morgan fingerprint density at radius 3 is 2.78 bits per heavy atom. The van der Waals surface area contributed by atoms with Gasteiger partial charge in [0.2, 0.25) is 0 Å². The van der Waals surface area contributed by atoms with Crippen LogP contribution in [0.1, 0.15) is 49.3 Å². The normalized spacial score (nSPS) is 14.7. The predicted octanol–water partition coefficient (Wildman–Crippen LogP) is 5.06. The highest BCUT2D eigenvalue weighted by Crippen LogP contribution is 2.32. The van der Waals surface area contributed by atoms with Gasteiger partial charge in [-0.1, -0.05) is 43.7 Å². The van der Waals surface area contributed by atoms with Gasteiger partial charge in [0.1, 0.15) is 0 Å². The van der Waals surface area contributed by atoms with Crippen LogP contribution >= 0.6 is 0 Å². The third-order valence-corrected chi connectivity index (χ3v) is 4.27. The molecule has 2 aromatic rings. The number of unbranched alkanes of at least 4 members (excludes halogenated alkanes) is 1. The zero-order chi connectivity index (χ0) is 12.4. The van der Waals surface area contributed by atoms with E-state index in [1.807, 2.05) is 0 Å². The van der Waals surface area contributed by atoms with E-state index in [-0.39, 0.29) is 0 Å². The largest absolute Gasteiger partial charge is 0.0654 e. The molecule has 0 spiro atoms. The quantitative estimate of drug-likeness (QED) is 0.701. The molecule has 0 aliphatic heterocycles. The zero-order valence-corrected chi connectivity index (χ0v) is 11.3. The lowest BCUT2D eigenvalue weighted by Gasteiger charge is -2.21. The molecule has 0 saturated heterocycles. The number of hydrogen-bond acceptors (Lipinski definition) is 0. The molecule has 0 N–H and O–H groups in total. The summed E-state index contributed by atoms with van der Waals surface area (Å²) in [7, 11) is 0. The summed E-state index contributed by atoms with van der Waals surface area (Å²) >= 11 is 0. The highest BCUT2D eigenvalue weighted by atomic mass is 14.2. The van der Waals surface area contributed by atoms with Crippen LogP contribution in [-0.4, -0.2) is 0 Å². The summed E-state index contributed by atoms with van der Waals surface area (Å²) in [6.07, 6.45) is 9.22. The first-order chi connectivity index (χ1) is 8.90. The maximum atomic E-state index is 2.44. The van der Waals surface area contributed by atoms with E-state index in [1.54, 1.807) is 16.7 Å². The van der Waals surface area contributed by atoms with E-state index in [0.717, 1.165) is 0 Å². The number of benzene rings is 2. The summed E-state index contributed by atoms with van der Waals surface area (Å²) in [5, 5.41) is 2.95. The maximum Gasteiger partial charge on any atom is -0.0149 e. The van der Waals surface area contributed by atoms with Gasteiger partial charge in [-0.05, 0) is 66.0 Å². The lowest BCUT2D eigenvalue weighted by molar-refractivity contribution is 0.675. The Morgan fingerprint density at radius 2 is 1.89 bits per heavy atom. The van der Waals surface area contributed by atoms with Crippen LogP contribution in [0.3, 0.4) is 0 Å². The number of fused-ring (bicyclic) bond motifs is 2. The van der Waals surface area contributed by atoms with Crippen LogP contribution in [0, 0.1) is 0 Å². The van der Waals surface area contributed by atoms with Crippen molar-refractivity contribution in [2.24, 2.45) is 0 Å². The minimum absolute atomic E-state index is 1.26. The van der Waals surface area contributed by atoms with Gasteiger partial charge in [-0.15, -0.1) is 0 Å². The van der Waals surface area contributed by atoms with Crippen molar-refractivity contribution in [3.63, 3.8) is 0 Å². The van der Waals surface area contributed by atoms with Crippen LogP contribution in [0.25, 0.3) is 10.8 Å². The van der Waals surface area contributed by atoms with Crippen molar-refractivity contribution in [2.45, 2.75) is 51.9 Å². The topological polar surface area (TPSA) is 0 Å². The molecular formula is C18H22. The highest BCUT2D eigenvalue weighted by Gasteiger charge is 2.15. The number of rotatable bonds is 3. The molecular weight excluding hydrogens is 216 g/mol. The van der Waals surface area contributed by atoms with Gasteiger partial charge < -0.3 is 0 Å². The Morgan fingerprint density at radius 1 is 1.06 bits per heavy atom. The SMILES string of the molecule is CCCCc1c2c(cc3ccccc13)CCCC2. The van der Waals surface area contributed by atoms with Gasteiger partial charge in [0.15, 0.2) is 0 Å². The predicted molar refractivity (Wildman–Crippen MR) is 79.2 cm³/mol. The molecule has 0 unspecified atom stereocenters. The van der Waals surface area contributed by atoms with Crippen LogP contribution < -0.4 is 0 Å². The molecule has 0 heteroatoms. The van der Waals surface area contributed by atoms with E-state index in [4.69, 9.17) is 0 Å². The fourth-order valence-corrected chi connectivity index (χ4v) is 3.32. The van der Waals surface area contributed by atoms with Crippen LogP contribution in [0.15, 0.2) is 30.3 Å². The molecule has 3 rings (SSSR count). The Balaban J connectivity index is 2.19. The second kappa shape index (κ2) is 5.14. The van der Waals surface area contributed by atoms with Gasteiger partial charge in [0.05, 0.1) is 0 Å². The molecule has 0 atom stereocenters. The monoisotopic (exact) mass is 238 g/mol. The van der Waals surface area contributed by atoms with E-state index in [0.29, 0.717) is 0 Å². The van der Waals surface area contributed by atoms with Gasteiger partial charge in [-0.3, -0.25) is 0 Å². The molecule has 1 aliphatic rings. The lowest BCUT2D eigenvalue weighted by atomic mass is 9.83. The molecule has 1 aliphatic carbocycles. The lowest BCUT2D eigenvalue weighted by Crippen LogP contribution is -2.07. The Hall–Kier alpha value is -1.30. The average molecular weight is 238 g/mol. The third-order valence-electron chi connectivity index (χ3n) is 4.27. The molecule has 0 bridgehead atoms. The summed E-state index contributed by atoms with van der Waals surface area (Å²) in [5.41, 5.74) is 4.98. The zero-order valence-electron chi connectivity index (χ0n) is 11.3. The minimum atomic E-state index is 1.26. The molecule has 2 aromatic carbocycles. The molecule has 0 fully saturated rings. The first-order valence-corrected chi connectivity index (χ1v) is 7.42. The molecule has 0 radical (unpaired) electrons. The van der Waals surface area contributed by atoms with Crippen molar-refractivity contribution in [3.8, 4) is 0 Å². The third kappa shape index (κ3) is 2.05. The van der Waals surface area contributed by atoms with Gasteiger partial charge in [-0.2, -0.15) is 0 Å².